The molecule has 98 valence electrons. The first-order valence-electron chi connectivity index (χ1n) is 6.80. The van der Waals surface area contributed by atoms with Crippen LogP contribution in [0.1, 0.15) is 26.0 Å². The Bertz CT molecular complexity index is 458. The van der Waals surface area contributed by atoms with E-state index >= 15 is 0 Å². The predicted octanol–water partition coefficient (Wildman–Crippen LogP) is 2.64. The molecule has 3 nitrogen and oxygen atoms in total. The van der Waals surface area contributed by atoms with Gasteiger partial charge < -0.3 is 9.64 Å². The molecular formula is C15H22N2O. The number of nitrogens with zero attached hydrogens (tertiary/aromatic N) is 2. The summed E-state index contributed by atoms with van der Waals surface area (Å²) in [7, 11) is 2.17. The van der Waals surface area contributed by atoms with Crippen molar-refractivity contribution >= 4 is 5.82 Å². The molecule has 1 aliphatic carbocycles. The summed E-state index contributed by atoms with van der Waals surface area (Å²) in [6.45, 7) is 7.60. The molecule has 2 aliphatic rings. The first-order chi connectivity index (χ1) is 8.51. The van der Waals surface area contributed by atoms with E-state index in [0.29, 0.717) is 18.1 Å². The molecule has 0 amide bonds. The molecule has 1 aromatic rings. The predicted molar refractivity (Wildman–Crippen MR) is 72.8 cm³/mol. The van der Waals surface area contributed by atoms with Crippen LogP contribution >= 0.6 is 0 Å². The van der Waals surface area contributed by atoms with Gasteiger partial charge in [0, 0.05) is 36.7 Å². The van der Waals surface area contributed by atoms with E-state index in [4.69, 9.17) is 4.74 Å². The van der Waals surface area contributed by atoms with Crippen molar-refractivity contribution in [2.45, 2.75) is 39.3 Å². The van der Waals surface area contributed by atoms with E-state index in [-0.39, 0.29) is 5.41 Å². The molecule has 2 fully saturated rings. The molecule has 0 radical (unpaired) electrons. The maximum absolute atomic E-state index is 5.86. The van der Waals surface area contributed by atoms with Crippen LogP contribution in [0.2, 0.25) is 0 Å². The van der Waals surface area contributed by atoms with Gasteiger partial charge in [0.1, 0.15) is 5.82 Å². The highest BCUT2D eigenvalue weighted by Gasteiger charge is 2.60. The van der Waals surface area contributed by atoms with Gasteiger partial charge in [-0.05, 0) is 25.5 Å². The lowest BCUT2D eigenvalue weighted by molar-refractivity contribution is -0.101. The lowest BCUT2D eigenvalue weighted by Crippen LogP contribution is -2.66. The smallest absolute Gasteiger partial charge is 0.128 e. The van der Waals surface area contributed by atoms with Crippen LogP contribution in [-0.4, -0.2) is 30.8 Å². The summed E-state index contributed by atoms with van der Waals surface area (Å²) in [5, 5.41) is 0. The van der Waals surface area contributed by atoms with Crippen LogP contribution in [0.5, 0.6) is 0 Å². The summed E-state index contributed by atoms with van der Waals surface area (Å²) < 4.78 is 5.86. The Hall–Kier alpha value is -1.09. The first kappa shape index (κ1) is 12.0. The van der Waals surface area contributed by atoms with E-state index in [1.165, 1.54) is 6.42 Å². The third-order valence-electron chi connectivity index (χ3n) is 4.69. The molecule has 1 aromatic heterocycles. The largest absolute Gasteiger partial charge is 0.377 e. The monoisotopic (exact) mass is 246 g/mol. The Morgan fingerprint density at radius 1 is 1.39 bits per heavy atom. The van der Waals surface area contributed by atoms with Crippen LogP contribution < -0.4 is 4.90 Å². The lowest BCUT2D eigenvalue weighted by atomic mass is 9.57. The molecule has 3 atom stereocenters. The van der Waals surface area contributed by atoms with Gasteiger partial charge in [0.05, 0.1) is 6.10 Å². The second-order valence-electron chi connectivity index (χ2n) is 6.26. The molecule has 0 bridgehead atoms. The molecule has 18 heavy (non-hydrogen) atoms. The minimum atomic E-state index is 0.224. The molecule has 3 rings (SSSR count). The fourth-order valence-corrected chi connectivity index (χ4v) is 3.95. The average Bonchev–Trinajstić information content (AvgIpc) is 2.75. The summed E-state index contributed by atoms with van der Waals surface area (Å²) >= 11 is 0. The molecule has 3 heteroatoms. The SMILES string of the molecule is Cc1cccc(N(C)C2C3CCOC3C2(C)C)n1. The Morgan fingerprint density at radius 2 is 2.17 bits per heavy atom. The second-order valence-corrected chi connectivity index (χ2v) is 6.26. The molecule has 1 saturated heterocycles. The minimum Gasteiger partial charge on any atom is -0.377 e. The van der Waals surface area contributed by atoms with Gasteiger partial charge in [0.2, 0.25) is 0 Å². The van der Waals surface area contributed by atoms with Gasteiger partial charge in [-0.1, -0.05) is 19.9 Å². The molecule has 1 saturated carbocycles. The van der Waals surface area contributed by atoms with Gasteiger partial charge in [-0.2, -0.15) is 0 Å². The van der Waals surface area contributed by atoms with Crippen molar-refractivity contribution < 1.29 is 4.74 Å². The maximum Gasteiger partial charge on any atom is 0.128 e. The van der Waals surface area contributed by atoms with Crippen LogP contribution in [0.4, 0.5) is 5.82 Å². The Labute approximate surface area is 109 Å². The summed E-state index contributed by atoms with van der Waals surface area (Å²) in [6.07, 6.45) is 1.63. The zero-order valence-corrected chi connectivity index (χ0v) is 11.7. The highest BCUT2D eigenvalue weighted by atomic mass is 16.5. The van der Waals surface area contributed by atoms with Gasteiger partial charge >= 0.3 is 0 Å². The molecule has 0 aromatic carbocycles. The Kier molecular flexibility index (Phi) is 2.63. The van der Waals surface area contributed by atoms with Crippen molar-refractivity contribution in [3.63, 3.8) is 0 Å². The van der Waals surface area contributed by atoms with E-state index in [0.717, 1.165) is 18.1 Å². The zero-order chi connectivity index (χ0) is 12.9. The fourth-order valence-electron chi connectivity index (χ4n) is 3.95. The first-order valence-corrected chi connectivity index (χ1v) is 6.80. The number of pyridine rings is 1. The highest BCUT2D eigenvalue weighted by Crippen LogP contribution is 2.54. The number of hydrogen-bond acceptors (Lipinski definition) is 3. The molecule has 0 spiro atoms. The number of fused-ring (bicyclic) bond motifs is 1. The van der Waals surface area contributed by atoms with Crippen LogP contribution in [-0.2, 0) is 4.74 Å². The normalized spacial score (nSPS) is 32.8. The third-order valence-corrected chi connectivity index (χ3v) is 4.69. The minimum absolute atomic E-state index is 0.224. The molecule has 1 aliphatic heterocycles. The number of hydrogen-bond donors (Lipinski definition) is 0. The highest BCUT2D eigenvalue weighted by molar-refractivity contribution is 5.42. The fraction of sp³-hybridized carbons (Fsp3) is 0.667. The van der Waals surface area contributed by atoms with Crippen LogP contribution in [0.3, 0.4) is 0 Å². The molecular weight excluding hydrogens is 224 g/mol. The Morgan fingerprint density at radius 3 is 2.89 bits per heavy atom. The van der Waals surface area contributed by atoms with Crippen molar-refractivity contribution in [3.8, 4) is 0 Å². The van der Waals surface area contributed by atoms with E-state index in [1.54, 1.807) is 0 Å². The van der Waals surface area contributed by atoms with Crippen molar-refractivity contribution in [1.82, 2.24) is 4.98 Å². The summed E-state index contributed by atoms with van der Waals surface area (Å²) in [6, 6.07) is 6.78. The second kappa shape index (κ2) is 3.95. The topological polar surface area (TPSA) is 25.4 Å². The van der Waals surface area contributed by atoms with E-state index < -0.39 is 0 Å². The lowest BCUT2D eigenvalue weighted by Gasteiger charge is -2.58. The standard InChI is InChI=1S/C15H22N2O/c1-10-6-5-7-12(16-10)17(4)13-11-8-9-18-14(11)15(13,2)3/h5-7,11,13-14H,8-9H2,1-4H3. The van der Waals surface area contributed by atoms with Crippen LogP contribution in [0.25, 0.3) is 0 Å². The van der Waals surface area contributed by atoms with Gasteiger partial charge in [-0.25, -0.2) is 4.98 Å². The van der Waals surface area contributed by atoms with Crippen LogP contribution in [0, 0.1) is 18.3 Å². The third kappa shape index (κ3) is 1.57. The summed E-state index contributed by atoms with van der Waals surface area (Å²) in [5.74, 6) is 1.76. The Balaban J connectivity index is 1.87. The van der Waals surface area contributed by atoms with Gasteiger partial charge in [-0.15, -0.1) is 0 Å². The molecule has 3 unspecified atom stereocenters. The van der Waals surface area contributed by atoms with Crippen molar-refractivity contribution in [1.29, 1.82) is 0 Å². The number of aromatic nitrogens is 1. The number of aryl methyl sites for hydroxylation is 1. The van der Waals surface area contributed by atoms with E-state index in [2.05, 4.69) is 42.9 Å². The van der Waals surface area contributed by atoms with Crippen molar-refractivity contribution in [2.75, 3.05) is 18.6 Å². The number of anilines is 1. The van der Waals surface area contributed by atoms with Gasteiger partial charge in [0.15, 0.2) is 0 Å². The van der Waals surface area contributed by atoms with Crippen LogP contribution in [0.15, 0.2) is 18.2 Å². The summed E-state index contributed by atoms with van der Waals surface area (Å²) in [4.78, 5) is 6.99. The van der Waals surface area contributed by atoms with E-state index in [9.17, 15) is 0 Å². The average molecular weight is 246 g/mol. The molecule has 2 heterocycles. The van der Waals surface area contributed by atoms with Gasteiger partial charge in [0.25, 0.3) is 0 Å². The number of ether oxygens (including phenoxy) is 1. The summed E-state index contributed by atoms with van der Waals surface area (Å²) in [5.41, 5.74) is 1.30. The van der Waals surface area contributed by atoms with Gasteiger partial charge in [-0.3, -0.25) is 0 Å². The van der Waals surface area contributed by atoms with Crippen molar-refractivity contribution in [3.05, 3.63) is 23.9 Å². The van der Waals surface area contributed by atoms with Crippen molar-refractivity contribution in [2.24, 2.45) is 11.3 Å². The molecule has 0 N–H and O–H groups in total. The quantitative estimate of drug-likeness (QED) is 0.802. The van der Waals surface area contributed by atoms with E-state index in [1.807, 2.05) is 13.0 Å². The maximum atomic E-state index is 5.86. The zero-order valence-electron chi connectivity index (χ0n) is 11.7. The number of rotatable bonds is 2.